The number of aliphatic hydroxyl groups is 1. The van der Waals surface area contributed by atoms with Gasteiger partial charge < -0.3 is 10.0 Å². The maximum absolute atomic E-state index is 11.9. The van der Waals surface area contributed by atoms with Gasteiger partial charge in [0.1, 0.15) is 0 Å². The molecule has 0 radical (unpaired) electrons. The van der Waals surface area contributed by atoms with Crippen LogP contribution in [-0.4, -0.2) is 29.1 Å². The second-order valence-electron chi connectivity index (χ2n) is 5.32. The fraction of sp³-hybridized carbons (Fsp3) is 0.533. The number of aliphatic hydroxyl groups excluding tert-OH is 1. The van der Waals surface area contributed by atoms with Crippen molar-refractivity contribution in [2.75, 3.05) is 13.2 Å². The van der Waals surface area contributed by atoms with E-state index >= 15 is 0 Å². The first-order chi connectivity index (χ1) is 8.52. The molecule has 1 aliphatic heterocycles. The van der Waals surface area contributed by atoms with Crippen LogP contribution in [-0.2, 0) is 4.79 Å². The molecular formula is C15H21NO2. The van der Waals surface area contributed by atoms with Gasteiger partial charge in [-0.3, -0.25) is 4.79 Å². The molecule has 1 saturated heterocycles. The summed E-state index contributed by atoms with van der Waals surface area (Å²) in [6, 6.07) is 6.44. The molecule has 1 amide bonds. The van der Waals surface area contributed by atoms with Crippen molar-refractivity contribution < 1.29 is 9.90 Å². The van der Waals surface area contributed by atoms with Crippen molar-refractivity contribution in [3.8, 4) is 0 Å². The van der Waals surface area contributed by atoms with E-state index in [1.807, 2.05) is 4.90 Å². The number of hydrogen-bond donors (Lipinski definition) is 1. The molecule has 0 bridgehead atoms. The van der Waals surface area contributed by atoms with Crippen LogP contribution in [0.15, 0.2) is 18.2 Å². The quantitative estimate of drug-likeness (QED) is 0.889. The van der Waals surface area contributed by atoms with Crippen molar-refractivity contribution in [2.24, 2.45) is 5.92 Å². The summed E-state index contributed by atoms with van der Waals surface area (Å²) >= 11 is 0. The largest absolute Gasteiger partial charge is 0.396 e. The van der Waals surface area contributed by atoms with E-state index in [2.05, 4.69) is 39.0 Å². The third-order valence-corrected chi connectivity index (χ3v) is 3.98. The van der Waals surface area contributed by atoms with Gasteiger partial charge in [0.05, 0.1) is 6.04 Å². The molecule has 2 rings (SSSR count). The maximum Gasteiger partial charge on any atom is 0.223 e. The molecule has 3 heteroatoms. The van der Waals surface area contributed by atoms with Crippen LogP contribution in [0.1, 0.15) is 36.1 Å². The predicted octanol–water partition coefficient (Wildman–Crippen LogP) is 2.21. The van der Waals surface area contributed by atoms with Crippen molar-refractivity contribution in [1.82, 2.24) is 4.90 Å². The van der Waals surface area contributed by atoms with E-state index in [-0.39, 0.29) is 24.5 Å². The van der Waals surface area contributed by atoms with Crippen molar-refractivity contribution in [1.29, 1.82) is 0 Å². The molecule has 2 unspecified atom stereocenters. The molecule has 0 aliphatic carbocycles. The highest BCUT2D eigenvalue weighted by atomic mass is 16.3. The van der Waals surface area contributed by atoms with Gasteiger partial charge >= 0.3 is 0 Å². The molecule has 1 aliphatic rings. The van der Waals surface area contributed by atoms with Crippen molar-refractivity contribution >= 4 is 5.91 Å². The van der Waals surface area contributed by atoms with Crippen LogP contribution in [0.2, 0.25) is 0 Å². The number of rotatable bonds is 3. The van der Waals surface area contributed by atoms with E-state index in [0.29, 0.717) is 13.0 Å². The van der Waals surface area contributed by atoms with E-state index in [0.717, 1.165) is 0 Å². The van der Waals surface area contributed by atoms with Gasteiger partial charge in [0.15, 0.2) is 0 Å². The smallest absolute Gasteiger partial charge is 0.223 e. The Hall–Kier alpha value is -1.35. The molecule has 1 N–H and O–H groups in total. The summed E-state index contributed by atoms with van der Waals surface area (Å²) in [4.78, 5) is 13.8. The van der Waals surface area contributed by atoms with Crippen LogP contribution in [0.4, 0.5) is 0 Å². The highest BCUT2D eigenvalue weighted by Gasteiger charge is 2.32. The molecule has 0 spiro atoms. The number of amides is 1. The van der Waals surface area contributed by atoms with E-state index in [1.54, 1.807) is 0 Å². The first-order valence-corrected chi connectivity index (χ1v) is 6.50. The highest BCUT2D eigenvalue weighted by Crippen LogP contribution is 2.29. The highest BCUT2D eigenvalue weighted by molar-refractivity contribution is 5.79. The van der Waals surface area contributed by atoms with Gasteiger partial charge in [-0.05, 0) is 37.5 Å². The van der Waals surface area contributed by atoms with E-state index in [1.165, 1.54) is 16.7 Å². The molecule has 0 aromatic heterocycles. The number of hydrogen-bond acceptors (Lipinski definition) is 2. The minimum Gasteiger partial charge on any atom is -0.396 e. The van der Waals surface area contributed by atoms with E-state index in [9.17, 15) is 4.79 Å². The summed E-state index contributed by atoms with van der Waals surface area (Å²) in [6.45, 7) is 7.01. The second kappa shape index (κ2) is 5.11. The van der Waals surface area contributed by atoms with Crippen LogP contribution in [0, 0.1) is 19.8 Å². The lowest BCUT2D eigenvalue weighted by Crippen LogP contribution is -2.28. The summed E-state index contributed by atoms with van der Waals surface area (Å²) in [5.74, 6) is 0.256. The van der Waals surface area contributed by atoms with Crippen LogP contribution in [0.3, 0.4) is 0 Å². The number of carbonyl (C=O) groups is 1. The lowest BCUT2D eigenvalue weighted by molar-refractivity contribution is -0.129. The zero-order valence-corrected chi connectivity index (χ0v) is 11.3. The molecule has 1 aromatic carbocycles. The van der Waals surface area contributed by atoms with Crippen LogP contribution in [0.25, 0.3) is 0 Å². The molecule has 1 fully saturated rings. The Morgan fingerprint density at radius 3 is 2.67 bits per heavy atom. The summed E-state index contributed by atoms with van der Waals surface area (Å²) in [6.07, 6.45) is 0.478. The average Bonchev–Trinajstić information content (AvgIpc) is 2.73. The zero-order chi connectivity index (χ0) is 13.3. The Labute approximate surface area is 108 Å². The van der Waals surface area contributed by atoms with Gasteiger partial charge in [0.2, 0.25) is 5.91 Å². The van der Waals surface area contributed by atoms with Gasteiger partial charge in [-0.15, -0.1) is 0 Å². The zero-order valence-electron chi connectivity index (χ0n) is 11.3. The Morgan fingerprint density at radius 2 is 2.11 bits per heavy atom. The number of aryl methyl sites for hydroxylation is 2. The van der Waals surface area contributed by atoms with Crippen LogP contribution in [0.5, 0.6) is 0 Å². The lowest BCUT2D eigenvalue weighted by atomic mass is 10.0. The average molecular weight is 247 g/mol. The third-order valence-electron chi connectivity index (χ3n) is 3.98. The van der Waals surface area contributed by atoms with Crippen molar-refractivity contribution in [2.45, 2.75) is 33.2 Å². The SMILES string of the molecule is Cc1ccc(C(C)N2CC(CO)CC2=O)cc1C. The van der Waals surface area contributed by atoms with E-state index in [4.69, 9.17) is 5.11 Å². The van der Waals surface area contributed by atoms with Gasteiger partial charge in [0.25, 0.3) is 0 Å². The first kappa shape index (κ1) is 13.1. The Bertz CT molecular complexity index is 456. The molecule has 2 atom stereocenters. The molecule has 18 heavy (non-hydrogen) atoms. The van der Waals surface area contributed by atoms with Crippen molar-refractivity contribution in [3.05, 3.63) is 34.9 Å². The Balaban J connectivity index is 2.18. The number of carbonyl (C=O) groups excluding carboxylic acids is 1. The Kier molecular flexibility index (Phi) is 3.71. The summed E-state index contributed by atoms with van der Waals surface area (Å²) < 4.78 is 0. The molecule has 0 saturated carbocycles. The Morgan fingerprint density at radius 1 is 1.39 bits per heavy atom. The number of likely N-dealkylation sites (tertiary alicyclic amines) is 1. The second-order valence-corrected chi connectivity index (χ2v) is 5.32. The number of benzene rings is 1. The lowest BCUT2D eigenvalue weighted by Gasteiger charge is -2.25. The van der Waals surface area contributed by atoms with Crippen LogP contribution < -0.4 is 0 Å². The molecule has 1 aromatic rings. The van der Waals surface area contributed by atoms with Gasteiger partial charge in [-0.25, -0.2) is 0 Å². The van der Waals surface area contributed by atoms with Gasteiger partial charge in [-0.2, -0.15) is 0 Å². The standard InChI is InChI=1S/C15H21NO2/c1-10-4-5-14(6-11(10)2)12(3)16-8-13(9-17)7-15(16)18/h4-6,12-13,17H,7-9H2,1-3H3. The van der Waals surface area contributed by atoms with Gasteiger partial charge in [-0.1, -0.05) is 18.2 Å². The monoisotopic (exact) mass is 247 g/mol. The van der Waals surface area contributed by atoms with E-state index < -0.39 is 0 Å². The maximum atomic E-state index is 11.9. The fourth-order valence-electron chi connectivity index (χ4n) is 2.51. The molecule has 98 valence electrons. The minimum atomic E-state index is 0.0911. The molecular weight excluding hydrogens is 226 g/mol. The summed E-state index contributed by atoms with van der Waals surface area (Å²) in [5, 5.41) is 9.16. The molecule has 1 heterocycles. The fourth-order valence-corrected chi connectivity index (χ4v) is 2.51. The summed E-state index contributed by atoms with van der Waals surface area (Å²) in [5.41, 5.74) is 3.70. The topological polar surface area (TPSA) is 40.5 Å². The normalized spacial score (nSPS) is 21.4. The minimum absolute atomic E-state index is 0.0911. The van der Waals surface area contributed by atoms with Gasteiger partial charge in [0, 0.05) is 25.5 Å². The van der Waals surface area contributed by atoms with Crippen LogP contribution >= 0.6 is 0 Å². The van der Waals surface area contributed by atoms with Crippen molar-refractivity contribution in [3.63, 3.8) is 0 Å². The summed E-state index contributed by atoms with van der Waals surface area (Å²) in [7, 11) is 0. The first-order valence-electron chi connectivity index (χ1n) is 6.50. The molecule has 3 nitrogen and oxygen atoms in total. The number of nitrogens with zero attached hydrogens (tertiary/aromatic N) is 1. The predicted molar refractivity (Wildman–Crippen MR) is 71.2 cm³/mol. The third kappa shape index (κ3) is 2.41.